The zero-order valence-electron chi connectivity index (χ0n) is 16.7. The number of carbonyl (C=O) groups excluding carboxylic acids is 2. The molecule has 3 rings (SSSR count). The number of hydrogen-bond acceptors (Lipinski definition) is 7. The maximum absolute atomic E-state index is 12.6. The van der Waals surface area contributed by atoms with Crippen LogP contribution in [0.5, 0.6) is 11.5 Å². The molecular weight excluding hydrogens is 392 g/mol. The summed E-state index contributed by atoms with van der Waals surface area (Å²) in [5.41, 5.74) is 1.26. The topological polar surface area (TPSA) is 78.0 Å². The third kappa shape index (κ3) is 4.48. The predicted molar refractivity (Wildman–Crippen MR) is 111 cm³/mol. The van der Waals surface area contributed by atoms with Crippen LogP contribution in [-0.4, -0.2) is 49.6 Å². The largest absolute Gasteiger partial charge is 0.493 e. The van der Waals surface area contributed by atoms with Gasteiger partial charge in [0.05, 0.1) is 36.0 Å². The zero-order chi connectivity index (χ0) is 21.0. The monoisotopic (exact) mass is 414 g/mol. The fraction of sp³-hybridized carbons (Fsp3) is 0.286. The van der Waals surface area contributed by atoms with Gasteiger partial charge in [0.1, 0.15) is 5.01 Å². The highest BCUT2D eigenvalue weighted by Gasteiger charge is 2.22. The first kappa shape index (κ1) is 20.6. The molecule has 0 unspecified atom stereocenters. The van der Waals surface area contributed by atoms with Crippen molar-refractivity contribution in [3.8, 4) is 11.5 Å². The van der Waals surface area contributed by atoms with E-state index in [1.165, 1.54) is 20.3 Å². The Kier molecular flexibility index (Phi) is 6.33. The average molecular weight is 414 g/mol. The molecule has 8 heteroatoms. The Balaban J connectivity index is 1.67. The van der Waals surface area contributed by atoms with Crippen LogP contribution in [0.1, 0.15) is 28.3 Å². The summed E-state index contributed by atoms with van der Waals surface area (Å²) in [4.78, 5) is 30.5. The fourth-order valence-electron chi connectivity index (χ4n) is 2.72. The zero-order valence-corrected chi connectivity index (χ0v) is 17.5. The van der Waals surface area contributed by atoms with Crippen LogP contribution in [-0.2, 0) is 9.53 Å². The normalized spacial score (nSPS) is 11.7. The van der Waals surface area contributed by atoms with Gasteiger partial charge < -0.3 is 19.1 Å². The van der Waals surface area contributed by atoms with Gasteiger partial charge in [0, 0.05) is 7.05 Å². The molecule has 3 aromatic rings. The van der Waals surface area contributed by atoms with Crippen molar-refractivity contribution in [2.75, 3.05) is 27.9 Å². The second-order valence-corrected chi connectivity index (χ2v) is 7.41. The molecule has 0 radical (unpaired) electrons. The van der Waals surface area contributed by atoms with Gasteiger partial charge in [0.2, 0.25) is 0 Å². The van der Waals surface area contributed by atoms with E-state index in [0.717, 1.165) is 15.2 Å². The SMILES string of the molecule is COC(=O)c1ccc(OCC(=O)N(C)[C@@H](C)c2nc3ccccc3s2)c(OC)c1. The number of thiazole rings is 1. The van der Waals surface area contributed by atoms with E-state index in [9.17, 15) is 9.59 Å². The number of esters is 1. The predicted octanol–water partition coefficient (Wildman–Crippen LogP) is 3.69. The molecule has 2 aromatic carbocycles. The Morgan fingerprint density at radius 1 is 1.14 bits per heavy atom. The number of hydrogen-bond donors (Lipinski definition) is 0. The van der Waals surface area contributed by atoms with Gasteiger partial charge in [-0.05, 0) is 37.3 Å². The first-order valence-electron chi connectivity index (χ1n) is 8.95. The summed E-state index contributed by atoms with van der Waals surface area (Å²) in [5, 5.41) is 0.863. The first-order valence-corrected chi connectivity index (χ1v) is 9.76. The molecule has 0 aliphatic rings. The Labute approximate surface area is 172 Å². The molecule has 0 spiro atoms. The van der Waals surface area contributed by atoms with Crippen LogP contribution in [0.25, 0.3) is 10.2 Å². The number of carbonyl (C=O) groups is 2. The number of ether oxygens (including phenoxy) is 3. The fourth-order valence-corrected chi connectivity index (χ4v) is 3.79. The minimum atomic E-state index is -0.477. The lowest BCUT2D eigenvalue weighted by atomic mass is 10.2. The second kappa shape index (κ2) is 8.91. The molecule has 7 nitrogen and oxygen atoms in total. The summed E-state index contributed by atoms with van der Waals surface area (Å²) in [6.45, 7) is 1.76. The Hall–Kier alpha value is -3.13. The quantitative estimate of drug-likeness (QED) is 0.549. The third-order valence-electron chi connectivity index (χ3n) is 4.58. The Morgan fingerprint density at radius 2 is 1.90 bits per heavy atom. The number of fused-ring (bicyclic) bond motifs is 1. The number of likely N-dealkylation sites (N-methyl/N-ethyl adjacent to an activating group) is 1. The molecule has 0 fully saturated rings. The smallest absolute Gasteiger partial charge is 0.337 e. The van der Waals surface area contributed by atoms with Crippen LogP contribution in [0.2, 0.25) is 0 Å². The molecule has 152 valence electrons. The van der Waals surface area contributed by atoms with Crippen molar-refractivity contribution < 1.29 is 23.8 Å². The first-order chi connectivity index (χ1) is 13.9. The number of para-hydroxylation sites is 1. The maximum Gasteiger partial charge on any atom is 0.337 e. The van der Waals surface area contributed by atoms with E-state index in [1.54, 1.807) is 35.4 Å². The maximum atomic E-state index is 12.6. The van der Waals surface area contributed by atoms with Gasteiger partial charge >= 0.3 is 5.97 Å². The lowest BCUT2D eigenvalue weighted by Gasteiger charge is -2.23. The number of rotatable bonds is 7. The number of aromatic nitrogens is 1. The summed E-state index contributed by atoms with van der Waals surface area (Å²) in [6.07, 6.45) is 0. The van der Waals surface area contributed by atoms with Crippen molar-refractivity contribution in [2.45, 2.75) is 13.0 Å². The van der Waals surface area contributed by atoms with Gasteiger partial charge in [-0.1, -0.05) is 12.1 Å². The molecule has 1 heterocycles. The highest BCUT2D eigenvalue weighted by molar-refractivity contribution is 7.18. The van der Waals surface area contributed by atoms with Gasteiger partial charge in [-0.3, -0.25) is 4.79 Å². The van der Waals surface area contributed by atoms with E-state index in [2.05, 4.69) is 4.98 Å². The molecule has 0 N–H and O–H groups in total. The van der Waals surface area contributed by atoms with Crippen molar-refractivity contribution in [3.05, 3.63) is 53.0 Å². The van der Waals surface area contributed by atoms with Crippen LogP contribution in [0, 0.1) is 0 Å². The molecule has 0 bridgehead atoms. The van der Waals surface area contributed by atoms with E-state index in [4.69, 9.17) is 14.2 Å². The molecule has 29 heavy (non-hydrogen) atoms. The summed E-state index contributed by atoms with van der Waals surface area (Å²) < 4.78 is 16.7. The van der Waals surface area contributed by atoms with E-state index >= 15 is 0 Å². The van der Waals surface area contributed by atoms with Gasteiger partial charge in [-0.15, -0.1) is 11.3 Å². The molecule has 0 saturated carbocycles. The van der Waals surface area contributed by atoms with E-state index < -0.39 is 5.97 Å². The summed E-state index contributed by atoms with van der Waals surface area (Å²) in [7, 11) is 4.49. The highest BCUT2D eigenvalue weighted by Crippen LogP contribution is 2.30. The summed E-state index contributed by atoms with van der Waals surface area (Å²) in [6, 6.07) is 12.3. The minimum Gasteiger partial charge on any atom is -0.493 e. The second-order valence-electron chi connectivity index (χ2n) is 6.35. The number of methoxy groups -OCH3 is 2. The van der Waals surface area contributed by atoms with Gasteiger partial charge in [0.15, 0.2) is 18.1 Å². The molecular formula is C21H22N2O5S. The van der Waals surface area contributed by atoms with E-state index in [0.29, 0.717) is 17.1 Å². The highest BCUT2D eigenvalue weighted by atomic mass is 32.1. The lowest BCUT2D eigenvalue weighted by Crippen LogP contribution is -2.33. The molecule has 1 aromatic heterocycles. The van der Waals surface area contributed by atoms with Crippen molar-refractivity contribution in [1.82, 2.24) is 9.88 Å². The van der Waals surface area contributed by atoms with Crippen molar-refractivity contribution in [2.24, 2.45) is 0 Å². The van der Waals surface area contributed by atoms with Crippen LogP contribution in [0.4, 0.5) is 0 Å². The molecule has 0 aliphatic heterocycles. The van der Waals surface area contributed by atoms with Crippen LogP contribution < -0.4 is 9.47 Å². The van der Waals surface area contributed by atoms with Gasteiger partial charge in [-0.2, -0.15) is 0 Å². The van der Waals surface area contributed by atoms with Crippen molar-refractivity contribution in [1.29, 1.82) is 0 Å². The summed E-state index contributed by atoms with van der Waals surface area (Å²) in [5.74, 6) is 0.0447. The standard InChI is InChI=1S/C21H22N2O5S/c1-13(20-22-15-7-5-6-8-18(15)29-20)23(2)19(24)12-28-16-10-9-14(21(25)27-4)11-17(16)26-3/h5-11,13H,12H2,1-4H3/t13-/m0/s1. The molecule has 1 atom stereocenters. The lowest BCUT2D eigenvalue weighted by molar-refractivity contribution is -0.134. The van der Waals surface area contributed by atoms with E-state index in [1.807, 2.05) is 31.2 Å². The minimum absolute atomic E-state index is 0.167. The third-order valence-corrected chi connectivity index (χ3v) is 5.78. The Morgan fingerprint density at radius 3 is 2.59 bits per heavy atom. The van der Waals surface area contributed by atoms with E-state index in [-0.39, 0.29) is 18.6 Å². The van der Waals surface area contributed by atoms with Crippen molar-refractivity contribution in [3.63, 3.8) is 0 Å². The molecule has 0 saturated heterocycles. The Bertz CT molecular complexity index is 1000. The van der Waals surface area contributed by atoms with Gasteiger partial charge in [-0.25, -0.2) is 9.78 Å². The average Bonchev–Trinajstić information content (AvgIpc) is 3.19. The van der Waals surface area contributed by atoms with Gasteiger partial charge in [0.25, 0.3) is 5.91 Å². The van der Waals surface area contributed by atoms with Crippen LogP contribution in [0.3, 0.4) is 0 Å². The van der Waals surface area contributed by atoms with Crippen LogP contribution >= 0.6 is 11.3 Å². The molecule has 0 aliphatic carbocycles. The molecule has 1 amide bonds. The number of benzene rings is 2. The number of amides is 1. The van der Waals surface area contributed by atoms with Crippen molar-refractivity contribution >= 4 is 33.4 Å². The number of nitrogens with zero attached hydrogens (tertiary/aromatic N) is 2. The summed E-state index contributed by atoms with van der Waals surface area (Å²) >= 11 is 1.57. The van der Waals surface area contributed by atoms with Crippen LogP contribution in [0.15, 0.2) is 42.5 Å².